The van der Waals surface area contributed by atoms with E-state index in [0.717, 1.165) is 26.5 Å². The van der Waals surface area contributed by atoms with Gasteiger partial charge in [0.1, 0.15) is 21.2 Å². The first-order valence-corrected chi connectivity index (χ1v) is 9.31. The molecule has 2 aromatic heterocycles. The van der Waals surface area contributed by atoms with Crippen molar-refractivity contribution in [2.24, 2.45) is 0 Å². The van der Waals surface area contributed by atoms with Crippen LogP contribution >= 0.6 is 22.9 Å². The van der Waals surface area contributed by atoms with Crippen LogP contribution in [-0.4, -0.2) is 15.9 Å². The van der Waals surface area contributed by atoms with E-state index < -0.39 is 11.7 Å². The predicted octanol–water partition coefficient (Wildman–Crippen LogP) is 5.71. The summed E-state index contributed by atoms with van der Waals surface area (Å²) in [7, 11) is 0. The van der Waals surface area contributed by atoms with E-state index in [9.17, 15) is 9.18 Å². The zero-order valence-electron chi connectivity index (χ0n) is 14.2. The average molecular weight is 398 g/mol. The molecule has 1 amide bonds. The number of nitrogens with one attached hydrogen (secondary N) is 1. The van der Waals surface area contributed by atoms with Gasteiger partial charge in [0.15, 0.2) is 0 Å². The van der Waals surface area contributed by atoms with Crippen LogP contribution in [-0.2, 0) is 0 Å². The Morgan fingerprint density at radius 3 is 2.74 bits per heavy atom. The molecule has 0 aliphatic rings. The summed E-state index contributed by atoms with van der Waals surface area (Å²) in [4.78, 5) is 22.3. The zero-order valence-corrected chi connectivity index (χ0v) is 15.7. The van der Waals surface area contributed by atoms with Gasteiger partial charge in [0, 0.05) is 17.4 Å². The molecule has 2 heterocycles. The minimum atomic E-state index is -0.661. The summed E-state index contributed by atoms with van der Waals surface area (Å²) >= 11 is 7.46. The van der Waals surface area contributed by atoms with Gasteiger partial charge in [0.05, 0.1) is 10.6 Å². The largest absolute Gasteiger partial charge is 0.322 e. The molecule has 0 spiro atoms. The Morgan fingerprint density at radius 1 is 1.15 bits per heavy atom. The summed E-state index contributed by atoms with van der Waals surface area (Å²) < 4.78 is 14.0. The maximum atomic E-state index is 14.0. The third kappa shape index (κ3) is 3.29. The van der Waals surface area contributed by atoms with Gasteiger partial charge >= 0.3 is 0 Å². The van der Waals surface area contributed by atoms with Crippen LogP contribution in [0.4, 0.5) is 10.1 Å². The summed E-state index contributed by atoms with van der Waals surface area (Å²) in [6.45, 7) is 1.88. The molecule has 0 radical (unpaired) electrons. The Bertz CT molecular complexity index is 1120. The van der Waals surface area contributed by atoms with E-state index in [0.29, 0.717) is 5.69 Å². The quantitative estimate of drug-likeness (QED) is 0.481. The number of benzene rings is 2. The van der Waals surface area contributed by atoms with Crippen LogP contribution in [0.15, 0.2) is 54.7 Å². The topological polar surface area (TPSA) is 54.9 Å². The van der Waals surface area contributed by atoms with Crippen LogP contribution in [0.5, 0.6) is 0 Å². The number of carbonyl (C=O) groups is 1. The van der Waals surface area contributed by atoms with Crippen LogP contribution < -0.4 is 5.32 Å². The molecular weight excluding hydrogens is 385 g/mol. The lowest BCUT2D eigenvalue weighted by molar-refractivity contribution is 0.102. The van der Waals surface area contributed by atoms with Gasteiger partial charge in [-0.15, -0.1) is 0 Å². The molecule has 0 fully saturated rings. The summed E-state index contributed by atoms with van der Waals surface area (Å²) in [5.74, 6) is -1.25. The highest BCUT2D eigenvalue weighted by Gasteiger charge is 2.18. The Hall–Kier alpha value is -2.83. The smallest absolute Gasteiger partial charge is 0.260 e. The standard InChI is InChI=1S/C20H13ClFN3OS/c1-11-12(19-25-16-9-4-10-23-20(16)27-19)5-2-8-15(11)24-18(26)17-13(21)6-3-7-14(17)22/h2-10H,1H3,(H,24,26). The molecule has 0 aliphatic carbocycles. The lowest BCUT2D eigenvalue weighted by atomic mass is 10.1. The molecule has 134 valence electrons. The second-order valence-corrected chi connectivity index (χ2v) is 7.26. The van der Waals surface area contributed by atoms with E-state index in [4.69, 9.17) is 11.6 Å². The number of carbonyl (C=O) groups excluding carboxylic acids is 1. The zero-order chi connectivity index (χ0) is 19.0. The molecule has 0 saturated carbocycles. The van der Waals surface area contributed by atoms with Gasteiger partial charge < -0.3 is 5.32 Å². The summed E-state index contributed by atoms with van der Waals surface area (Å²) in [5.41, 5.74) is 2.94. The molecule has 0 unspecified atom stereocenters. The number of nitrogens with zero attached hydrogens (tertiary/aromatic N) is 2. The molecule has 0 aliphatic heterocycles. The first-order valence-electron chi connectivity index (χ1n) is 8.11. The van der Waals surface area contributed by atoms with Crippen molar-refractivity contribution < 1.29 is 9.18 Å². The van der Waals surface area contributed by atoms with Crippen molar-refractivity contribution in [2.45, 2.75) is 6.92 Å². The van der Waals surface area contributed by atoms with Crippen LogP contribution in [0.25, 0.3) is 20.9 Å². The maximum absolute atomic E-state index is 14.0. The number of rotatable bonds is 3. The third-order valence-electron chi connectivity index (χ3n) is 4.17. The Labute approximate surface area is 163 Å². The van der Waals surface area contributed by atoms with Gasteiger partial charge in [0.2, 0.25) is 0 Å². The van der Waals surface area contributed by atoms with Crippen molar-refractivity contribution in [3.8, 4) is 10.6 Å². The Balaban J connectivity index is 1.71. The fraction of sp³-hybridized carbons (Fsp3) is 0.0500. The molecule has 0 bridgehead atoms. The minimum absolute atomic E-state index is 0.0681. The third-order valence-corrected chi connectivity index (χ3v) is 5.50. The lowest BCUT2D eigenvalue weighted by Gasteiger charge is -2.12. The van der Waals surface area contributed by atoms with Gasteiger partial charge in [0.25, 0.3) is 5.91 Å². The molecule has 27 heavy (non-hydrogen) atoms. The maximum Gasteiger partial charge on any atom is 0.260 e. The first-order chi connectivity index (χ1) is 13.0. The molecular formula is C20H13ClFN3OS. The van der Waals surface area contributed by atoms with Gasteiger partial charge in [-0.05, 0) is 42.8 Å². The number of pyridine rings is 1. The van der Waals surface area contributed by atoms with Crippen molar-refractivity contribution >= 4 is 44.9 Å². The fourth-order valence-corrected chi connectivity index (χ4v) is 4.03. The Kier molecular flexibility index (Phi) is 4.59. The van der Waals surface area contributed by atoms with E-state index in [-0.39, 0.29) is 10.6 Å². The van der Waals surface area contributed by atoms with Crippen LogP contribution in [0.1, 0.15) is 15.9 Å². The van der Waals surface area contributed by atoms with Gasteiger partial charge in [-0.1, -0.05) is 41.1 Å². The Morgan fingerprint density at radius 2 is 1.96 bits per heavy atom. The normalized spacial score (nSPS) is 10.9. The second-order valence-electron chi connectivity index (χ2n) is 5.88. The predicted molar refractivity (Wildman–Crippen MR) is 107 cm³/mol. The second kappa shape index (κ2) is 7.06. The number of anilines is 1. The molecule has 7 heteroatoms. The van der Waals surface area contributed by atoms with Crippen LogP contribution in [0.3, 0.4) is 0 Å². The summed E-state index contributed by atoms with van der Waals surface area (Å²) in [6, 6.07) is 13.4. The highest BCUT2D eigenvalue weighted by atomic mass is 35.5. The molecule has 4 nitrogen and oxygen atoms in total. The number of halogens is 2. The van der Waals surface area contributed by atoms with Crippen molar-refractivity contribution in [3.63, 3.8) is 0 Å². The molecule has 4 aromatic rings. The molecule has 0 atom stereocenters. The monoisotopic (exact) mass is 397 g/mol. The van der Waals surface area contributed by atoms with E-state index in [2.05, 4.69) is 15.3 Å². The first kappa shape index (κ1) is 17.6. The van der Waals surface area contributed by atoms with E-state index >= 15 is 0 Å². The summed E-state index contributed by atoms with van der Waals surface area (Å²) in [5, 5.41) is 3.62. The molecule has 4 rings (SSSR count). The number of hydrogen-bond donors (Lipinski definition) is 1. The van der Waals surface area contributed by atoms with Crippen molar-refractivity contribution in [3.05, 3.63) is 76.7 Å². The van der Waals surface area contributed by atoms with E-state index in [1.165, 1.54) is 29.5 Å². The number of amides is 1. The van der Waals surface area contributed by atoms with Crippen molar-refractivity contribution in [1.29, 1.82) is 0 Å². The average Bonchev–Trinajstić information content (AvgIpc) is 3.07. The van der Waals surface area contributed by atoms with Crippen molar-refractivity contribution in [2.75, 3.05) is 5.32 Å². The lowest BCUT2D eigenvalue weighted by Crippen LogP contribution is -2.15. The van der Waals surface area contributed by atoms with Gasteiger partial charge in [-0.3, -0.25) is 4.79 Å². The highest BCUT2D eigenvalue weighted by molar-refractivity contribution is 7.21. The number of fused-ring (bicyclic) bond motifs is 1. The number of hydrogen-bond acceptors (Lipinski definition) is 4. The fourth-order valence-electron chi connectivity index (χ4n) is 2.79. The molecule has 0 saturated heterocycles. The molecule has 1 N–H and O–H groups in total. The van der Waals surface area contributed by atoms with Gasteiger partial charge in [-0.25, -0.2) is 14.4 Å². The van der Waals surface area contributed by atoms with Crippen LogP contribution in [0, 0.1) is 12.7 Å². The highest BCUT2D eigenvalue weighted by Crippen LogP contribution is 2.34. The van der Waals surface area contributed by atoms with Gasteiger partial charge in [-0.2, -0.15) is 0 Å². The molecule has 2 aromatic carbocycles. The van der Waals surface area contributed by atoms with Crippen LogP contribution in [0.2, 0.25) is 5.02 Å². The number of thiazole rings is 1. The van der Waals surface area contributed by atoms with Crippen molar-refractivity contribution in [1.82, 2.24) is 9.97 Å². The minimum Gasteiger partial charge on any atom is -0.322 e. The summed E-state index contributed by atoms with van der Waals surface area (Å²) in [6.07, 6.45) is 1.73. The SMILES string of the molecule is Cc1c(NC(=O)c2c(F)cccc2Cl)cccc1-c1nc2cccnc2s1. The van der Waals surface area contributed by atoms with E-state index in [1.807, 2.05) is 31.2 Å². The van der Waals surface area contributed by atoms with E-state index in [1.54, 1.807) is 12.3 Å². The number of aromatic nitrogens is 2.